The van der Waals surface area contributed by atoms with Gasteiger partial charge in [0.1, 0.15) is 5.82 Å². The molecule has 0 unspecified atom stereocenters. The number of amides is 1. The van der Waals surface area contributed by atoms with Crippen molar-refractivity contribution in [1.82, 2.24) is 20.2 Å². The fourth-order valence-corrected chi connectivity index (χ4v) is 3.53. The minimum Gasteiger partial charge on any atom is -0.355 e. The Bertz CT molecular complexity index is 786. The van der Waals surface area contributed by atoms with Gasteiger partial charge in [-0.15, -0.1) is 0 Å². The van der Waals surface area contributed by atoms with Crippen molar-refractivity contribution in [2.45, 2.75) is 45.1 Å². The van der Waals surface area contributed by atoms with Gasteiger partial charge in [-0.3, -0.25) is 14.5 Å². The van der Waals surface area contributed by atoms with E-state index in [-0.39, 0.29) is 11.5 Å². The Balaban J connectivity index is 1.46. The lowest BCUT2D eigenvalue weighted by atomic mass is 10.2. The number of H-pyrrole nitrogens is 1. The lowest BCUT2D eigenvalue weighted by molar-refractivity contribution is -0.121. The van der Waals surface area contributed by atoms with Crippen LogP contribution in [0.15, 0.2) is 29.1 Å². The van der Waals surface area contributed by atoms with Crippen molar-refractivity contribution in [2.24, 2.45) is 0 Å². The molecule has 3 rings (SSSR count). The summed E-state index contributed by atoms with van der Waals surface area (Å²) in [5.74, 6) is 0.718. The minimum absolute atomic E-state index is 0.0751. The molecule has 134 valence electrons. The molecular formula is C19H26N4O2. The van der Waals surface area contributed by atoms with Gasteiger partial charge in [0, 0.05) is 25.4 Å². The van der Waals surface area contributed by atoms with Crippen molar-refractivity contribution in [1.29, 1.82) is 0 Å². The molecule has 0 saturated carbocycles. The maximum Gasteiger partial charge on any atom is 0.258 e. The molecule has 0 aliphatic carbocycles. The average Bonchev–Trinajstić information content (AvgIpc) is 3.07. The smallest absolute Gasteiger partial charge is 0.258 e. The van der Waals surface area contributed by atoms with Crippen LogP contribution in [0.5, 0.6) is 0 Å². The quantitative estimate of drug-likeness (QED) is 0.805. The second-order valence-corrected chi connectivity index (χ2v) is 6.61. The third-order valence-electron chi connectivity index (χ3n) is 4.92. The van der Waals surface area contributed by atoms with E-state index in [2.05, 4.69) is 27.1 Å². The predicted octanol–water partition coefficient (Wildman–Crippen LogP) is 1.85. The normalized spacial score (nSPS) is 17.9. The van der Waals surface area contributed by atoms with Crippen molar-refractivity contribution in [3.05, 3.63) is 40.4 Å². The fourth-order valence-electron chi connectivity index (χ4n) is 3.53. The van der Waals surface area contributed by atoms with Gasteiger partial charge in [0.25, 0.3) is 5.56 Å². The summed E-state index contributed by atoms with van der Waals surface area (Å²) in [6, 6.07) is 7.78. The summed E-state index contributed by atoms with van der Waals surface area (Å²) >= 11 is 0. The van der Waals surface area contributed by atoms with Gasteiger partial charge in [-0.1, -0.05) is 19.1 Å². The van der Waals surface area contributed by atoms with Gasteiger partial charge in [-0.05, 0) is 44.5 Å². The number of carbonyl (C=O) groups excluding carboxylic acids is 1. The SMILES string of the molecule is CCN1CCC[C@@H]1CNC(=O)CCCc1nc2ccccc2c(=O)[nH]1. The van der Waals surface area contributed by atoms with Gasteiger partial charge >= 0.3 is 0 Å². The third-order valence-corrected chi connectivity index (χ3v) is 4.92. The van der Waals surface area contributed by atoms with E-state index in [1.54, 1.807) is 6.07 Å². The molecule has 0 spiro atoms. The summed E-state index contributed by atoms with van der Waals surface area (Å²) in [6.45, 7) is 5.08. The van der Waals surface area contributed by atoms with Crippen LogP contribution >= 0.6 is 0 Å². The van der Waals surface area contributed by atoms with Crippen LogP contribution in [0.4, 0.5) is 0 Å². The van der Waals surface area contributed by atoms with E-state index in [1.807, 2.05) is 18.2 Å². The first-order valence-electron chi connectivity index (χ1n) is 9.16. The van der Waals surface area contributed by atoms with Crippen LogP contribution in [-0.2, 0) is 11.2 Å². The molecule has 2 heterocycles. The zero-order valence-corrected chi connectivity index (χ0v) is 14.8. The molecule has 1 aliphatic rings. The molecular weight excluding hydrogens is 316 g/mol. The summed E-state index contributed by atoms with van der Waals surface area (Å²) in [5.41, 5.74) is 0.581. The summed E-state index contributed by atoms with van der Waals surface area (Å²) in [7, 11) is 0. The molecule has 0 bridgehead atoms. The zero-order chi connectivity index (χ0) is 17.6. The number of aromatic amines is 1. The van der Waals surface area contributed by atoms with Crippen LogP contribution in [0.1, 0.15) is 38.4 Å². The van der Waals surface area contributed by atoms with Crippen LogP contribution in [0.3, 0.4) is 0 Å². The Kier molecular flexibility index (Phi) is 5.81. The van der Waals surface area contributed by atoms with Gasteiger partial charge in [0.05, 0.1) is 10.9 Å². The van der Waals surface area contributed by atoms with Crippen molar-refractivity contribution in [3.63, 3.8) is 0 Å². The highest BCUT2D eigenvalue weighted by molar-refractivity contribution is 5.77. The number of aryl methyl sites for hydroxylation is 1. The Morgan fingerprint density at radius 2 is 2.24 bits per heavy atom. The number of para-hydroxylation sites is 1. The highest BCUT2D eigenvalue weighted by Gasteiger charge is 2.22. The van der Waals surface area contributed by atoms with Gasteiger partial charge in [-0.2, -0.15) is 0 Å². The average molecular weight is 342 g/mol. The zero-order valence-electron chi connectivity index (χ0n) is 14.8. The van der Waals surface area contributed by atoms with E-state index in [4.69, 9.17) is 0 Å². The predicted molar refractivity (Wildman–Crippen MR) is 98.6 cm³/mol. The Hall–Kier alpha value is -2.21. The Morgan fingerprint density at radius 1 is 1.40 bits per heavy atom. The number of likely N-dealkylation sites (N-methyl/N-ethyl adjacent to an activating group) is 1. The number of fused-ring (bicyclic) bond motifs is 1. The molecule has 1 saturated heterocycles. The number of hydrogen-bond acceptors (Lipinski definition) is 4. The summed E-state index contributed by atoms with van der Waals surface area (Å²) in [4.78, 5) is 33.8. The molecule has 2 aromatic rings. The number of carbonyl (C=O) groups is 1. The second kappa shape index (κ2) is 8.25. The summed E-state index contributed by atoms with van der Waals surface area (Å²) in [6.07, 6.45) is 4.11. The topological polar surface area (TPSA) is 78.1 Å². The first-order valence-corrected chi connectivity index (χ1v) is 9.16. The molecule has 25 heavy (non-hydrogen) atoms. The number of benzene rings is 1. The molecule has 6 nitrogen and oxygen atoms in total. The van der Waals surface area contributed by atoms with Crippen LogP contribution in [0.2, 0.25) is 0 Å². The van der Waals surface area contributed by atoms with E-state index < -0.39 is 0 Å². The molecule has 1 aromatic heterocycles. The van der Waals surface area contributed by atoms with E-state index >= 15 is 0 Å². The van der Waals surface area contributed by atoms with E-state index in [1.165, 1.54) is 6.42 Å². The van der Waals surface area contributed by atoms with Gasteiger partial charge < -0.3 is 10.3 Å². The molecule has 2 N–H and O–H groups in total. The number of aromatic nitrogens is 2. The molecule has 1 aromatic carbocycles. The van der Waals surface area contributed by atoms with E-state index in [0.29, 0.717) is 42.0 Å². The van der Waals surface area contributed by atoms with Crippen LogP contribution in [-0.4, -0.2) is 46.5 Å². The number of rotatable bonds is 7. The number of nitrogens with zero attached hydrogens (tertiary/aromatic N) is 2. The number of hydrogen-bond donors (Lipinski definition) is 2. The molecule has 1 amide bonds. The largest absolute Gasteiger partial charge is 0.355 e. The van der Waals surface area contributed by atoms with Crippen molar-refractivity contribution in [2.75, 3.05) is 19.6 Å². The maximum absolute atomic E-state index is 12.0. The van der Waals surface area contributed by atoms with Crippen molar-refractivity contribution < 1.29 is 4.79 Å². The highest BCUT2D eigenvalue weighted by atomic mass is 16.1. The summed E-state index contributed by atoms with van der Waals surface area (Å²) in [5, 5.41) is 3.64. The monoisotopic (exact) mass is 342 g/mol. The first-order chi connectivity index (χ1) is 12.2. The number of nitrogens with one attached hydrogen (secondary N) is 2. The summed E-state index contributed by atoms with van der Waals surface area (Å²) < 4.78 is 0. The van der Waals surface area contributed by atoms with E-state index in [0.717, 1.165) is 26.1 Å². The van der Waals surface area contributed by atoms with Crippen molar-refractivity contribution >= 4 is 16.8 Å². The first kappa shape index (κ1) is 17.6. The molecule has 1 atom stereocenters. The van der Waals surface area contributed by atoms with Crippen LogP contribution < -0.4 is 10.9 Å². The minimum atomic E-state index is -0.119. The molecule has 0 radical (unpaired) electrons. The van der Waals surface area contributed by atoms with Gasteiger partial charge in [0.15, 0.2) is 0 Å². The van der Waals surface area contributed by atoms with Gasteiger partial charge in [-0.25, -0.2) is 4.98 Å². The van der Waals surface area contributed by atoms with E-state index in [9.17, 15) is 9.59 Å². The molecule has 6 heteroatoms. The van der Waals surface area contributed by atoms with Crippen LogP contribution in [0.25, 0.3) is 10.9 Å². The maximum atomic E-state index is 12.0. The fraction of sp³-hybridized carbons (Fsp3) is 0.526. The number of likely N-dealkylation sites (tertiary alicyclic amines) is 1. The third kappa shape index (κ3) is 4.45. The van der Waals surface area contributed by atoms with Gasteiger partial charge in [0.2, 0.25) is 5.91 Å². The van der Waals surface area contributed by atoms with Crippen molar-refractivity contribution in [3.8, 4) is 0 Å². The lowest BCUT2D eigenvalue weighted by Gasteiger charge is -2.22. The standard InChI is InChI=1S/C19H26N4O2/c1-2-23-12-6-7-14(23)13-20-18(24)11-5-10-17-21-16-9-4-3-8-15(16)19(25)22-17/h3-4,8-9,14H,2,5-7,10-13H2,1H3,(H,20,24)(H,21,22,25)/t14-/m1/s1. The highest BCUT2D eigenvalue weighted by Crippen LogP contribution is 2.15. The molecule has 1 fully saturated rings. The Labute approximate surface area is 147 Å². The second-order valence-electron chi connectivity index (χ2n) is 6.61. The Morgan fingerprint density at radius 3 is 3.08 bits per heavy atom. The molecule has 1 aliphatic heterocycles. The lowest BCUT2D eigenvalue weighted by Crippen LogP contribution is -2.39. The van der Waals surface area contributed by atoms with Crippen LogP contribution in [0, 0.1) is 0 Å².